The summed E-state index contributed by atoms with van der Waals surface area (Å²) in [6, 6.07) is 0. The van der Waals surface area contributed by atoms with E-state index < -0.39 is 68.0 Å². The number of carbonyl (C=O) groups is 6. The molecule has 2 rings (SSSR count). The van der Waals surface area contributed by atoms with Gasteiger partial charge in [0.25, 0.3) is 33.7 Å². The molecule has 0 saturated carbocycles. The second kappa shape index (κ2) is 16.6. The molecule has 0 aliphatic carbocycles. The fourth-order valence-corrected chi connectivity index (χ4v) is 3.42. The Hall–Kier alpha value is -3.37. The number of amides is 4. The number of hydrogen-bond acceptors (Lipinski definition) is 16. The number of imide groups is 2. The van der Waals surface area contributed by atoms with Crippen molar-refractivity contribution in [3.8, 4) is 0 Å². The van der Waals surface area contributed by atoms with Crippen LogP contribution in [0, 0.1) is 0 Å². The molecule has 1 atom stereocenters. The minimum Gasteiger partial charge on any atom is -0.378 e. The van der Waals surface area contributed by atoms with E-state index in [1.54, 1.807) is 0 Å². The van der Waals surface area contributed by atoms with Crippen molar-refractivity contribution in [2.75, 3.05) is 39.6 Å². The Labute approximate surface area is 221 Å². The van der Waals surface area contributed by atoms with Crippen molar-refractivity contribution < 1.29 is 78.3 Å². The van der Waals surface area contributed by atoms with E-state index in [4.69, 9.17) is 31.4 Å². The monoisotopic (exact) mass is 604 g/mol. The summed E-state index contributed by atoms with van der Waals surface area (Å²) in [5.74, 6) is -5.36. The van der Waals surface area contributed by atoms with Crippen LogP contribution in [0.15, 0.2) is 0 Å². The quantitative estimate of drug-likeness (QED) is 0.110. The lowest BCUT2D eigenvalue weighted by atomic mass is 10.4. The van der Waals surface area contributed by atoms with Crippen LogP contribution in [0.25, 0.3) is 0 Å². The highest BCUT2D eigenvalue weighted by molar-refractivity contribution is 7.87. The van der Waals surface area contributed by atoms with Crippen LogP contribution in [0.5, 0.6) is 0 Å². The number of carbonyl (C=O) groups excluding carboxylic acids is 6. The molecule has 4 amide bonds. The van der Waals surface area contributed by atoms with Crippen molar-refractivity contribution in [3.63, 3.8) is 0 Å². The highest BCUT2D eigenvalue weighted by Gasteiger charge is 2.48. The molecule has 0 aromatic rings. The maximum atomic E-state index is 11.7. The SMILES string of the molecule is O=C(CCOCCOCCOCCC(=O)ON1C(=O)CC(S(=O)(=O)O)C1=O)ON1C(=O)CCC1=O.O=S(=O)=O. The molecule has 39 heavy (non-hydrogen) atoms. The summed E-state index contributed by atoms with van der Waals surface area (Å²) >= 11 is 0. The van der Waals surface area contributed by atoms with Gasteiger partial charge in [-0.1, -0.05) is 0 Å². The first-order valence-electron chi connectivity index (χ1n) is 10.8. The largest absolute Gasteiger partial charge is 0.425 e. The average molecular weight is 605 g/mol. The van der Waals surface area contributed by atoms with Gasteiger partial charge in [0, 0.05) is 12.8 Å². The minimum atomic E-state index is -4.80. The lowest BCUT2D eigenvalue weighted by Crippen LogP contribution is -2.36. The number of ether oxygens (including phenoxy) is 3. The standard InChI is InChI=1S/C18H24N2O14S.O3S/c21-13-1-2-14(22)19(13)33-16(24)3-5-30-7-9-32-10-8-31-6-4-17(25)34-20-15(23)11-12(18(20)26)35(27,28)29;1-4(2)3/h12H,1-11H2,(H,27,28,29);. The molecule has 0 aromatic heterocycles. The first-order valence-corrected chi connectivity index (χ1v) is 13.3. The number of hydroxylamine groups is 4. The van der Waals surface area contributed by atoms with Gasteiger partial charge in [-0.15, -0.1) is 22.8 Å². The van der Waals surface area contributed by atoms with Crippen LogP contribution in [-0.4, -0.2) is 116 Å². The summed E-state index contributed by atoms with van der Waals surface area (Å²) in [5, 5.41) is -1.54. The summed E-state index contributed by atoms with van der Waals surface area (Å²) < 4.78 is 71.8. The van der Waals surface area contributed by atoms with E-state index in [9.17, 15) is 37.2 Å². The lowest BCUT2D eigenvalue weighted by molar-refractivity contribution is -0.198. The Kier molecular flexibility index (Phi) is 14.3. The van der Waals surface area contributed by atoms with Gasteiger partial charge in [-0.2, -0.15) is 8.42 Å². The molecular weight excluding hydrogens is 580 g/mol. The predicted molar refractivity (Wildman–Crippen MR) is 116 cm³/mol. The van der Waals surface area contributed by atoms with Gasteiger partial charge in [0.2, 0.25) is 0 Å². The van der Waals surface area contributed by atoms with Gasteiger partial charge in [-0.3, -0.25) is 23.7 Å². The van der Waals surface area contributed by atoms with Crippen LogP contribution in [0.4, 0.5) is 0 Å². The summed E-state index contributed by atoms with van der Waals surface area (Å²) in [6.45, 7) is 0.384. The van der Waals surface area contributed by atoms with Crippen LogP contribution >= 0.6 is 0 Å². The topological polar surface area (TPSA) is 261 Å². The van der Waals surface area contributed by atoms with E-state index >= 15 is 0 Å². The summed E-state index contributed by atoms with van der Waals surface area (Å²) in [5.41, 5.74) is 0. The Morgan fingerprint density at radius 2 is 1.13 bits per heavy atom. The second-order valence-electron chi connectivity index (χ2n) is 7.28. The molecule has 0 radical (unpaired) electrons. The van der Waals surface area contributed by atoms with Crippen LogP contribution in [-0.2, 0) is 73.4 Å². The molecule has 21 heteroatoms. The molecule has 2 aliphatic rings. The molecule has 0 bridgehead atoms. The first-order chi connectivity index (χ1) is 18.2. The highest BCUT2D eigenvalue weighted by Crippen LogP contribution is 2.20. The van der Waals surface area contributed by atoms with Gasteiger partial charge in [-0.25, -0.2) is 9.59 Å². The van der Waals surface area contributed by atoms with Crippen LogP contribution in [0.1, 0.15) is 32.1 Å². The molecule has 0 spiro atoms. The fraction of sp³-hybridized carbons (Fsp3) is 0.667. The Bertz CT molecular complexity index is 1130. The Morgan fingerprint density at radius 1 is 0.744 bits per heavy atom. The zero-order chi connectivity index (χ0) is 29.6. The van der Waals surface area contributed by atoms with Crippen molar-refractivity contribution in [2.45, 2.75) is 37.4 Å². The van der Waals surface area contributed by atoms with Gasteiger partial charge in [0.05, 0.1) is 58.9 Å². The molecule has 1 N–H and O–H groups in total. The fourth-order valence-electron chi connectivity index (χ4n) is 2.72. The van der Waals surface area contributed by atoms with Crippen LogP contribution < -0.4 is 0 Å². The molecule has 19 nitrogen and oxygen atoms in total. The minimum absolute atomic E-state index is 0.00837. The van der Waals surface area contributed by atoms with E-state index in [-0.39, 0.29) is 70.4 Å². The third kappa shape index (κ3) is 12.8. The highest BCUT2D eigenvalue weighted by atomic mass is 32.2. The molecule has 2 saturated heterocycles. The first kappa shape index (κ1) is 33.7. The number of nitrogens with zero attached hydrogens (tertiary/aromatic N) is 2. The third-order valence-electron chi connectivity index (χ3n) is 4.46. The molecule has 2 aliphatic heterocycles. The molecule has 1 unspecified atom stereocenters. The van der Waals surface area contributed by atoms with Crippen LogP contribution in [0.3, 0.4) is 0 Å². The van der Waals surface area contributed by atoms with E-state index in [1.165, 1.54) is 0 Å². The van der Waals surface area contributed by atoms with E-state index in [0.29, 0.717) is 5.06 Å². The summed E-state index contributed by atoms with van der Waals surface area (Å²) in [6.07, 6.45) is -1.32. The summed E-state index contributed by atoms with van der Waals surface area (Å²) in [4.78, 5) is 78.4. The maximum Gasteiger partial charge on any atom is 0.425 e. The third-order valence-corrected chi connectivity index (χ3v) is 5.55. The molecule has 2 fully saturated rings. The van der Waals surface area contributed by atoms with Gasteiger partial charge in [-0.05, 0) is 0 Å². The molecule has 220 valence electrons. The van der Waals surface area contributed by atoms with Crippen molar-refractivity contribution in [1.29, 1.82) is 0 Å². The number of rotatable bonds is 15. The second-order valence-corrected chi connectivity index (χ2v) is 9.29. The maximum absolute atomic E-state index is 11.7. The normalized spacial score (nSPS) is 17.2. The van der Waals surface area contributed by atoms with Gasteiger partial charge >= 0.3 is 22.5 Å². The van der Waals surface area contributed by atoms with Crippen molar-refractivity contribution in [2.24, 2.45) is 0 Å². The van der Waals surface area contributed by atoms with Crippen molar-refractivity contribution in [3.05, 3.63) is 0 Å². The van der Waals surface area contributed by atoms with Crippen LogP contribution in [0.2, 0.25) is 0 Å². The average Bonchev–Trinajstić information content (AvgIpc) is 3.30. The van der Waals surface area contributed by atoms with Gasteiger partial charge < -0.3 is 23.9 Å². The van der Waals surface area contributed by atoms with Crippen molar-refractivity contribution >= 4 is 56.3 Å². The smallest absolute Gasteiger partial charge is 0.378 e. The van der Waals surface area contributed by atoms with E-state index in [2.05, 4.69) is 9.68 Å². The summed E-state index contributed by atoms with van der Waals surface area (Å²) in [7, 11) is -7.91. The van der Waals surface area contributed by atoms with E-state index in [0.717, 1.165) is 0 Å². The Balaban J connectivity index is 0.00000177. The predicted octanol–water partition coefficient (Wildman–Crippen LogP) is -3.11. The molecular formula is C18H24N2O17S2. The molecule has 0 aromatic carbocycles. The number of hydrogen-bond donors (Lipinski definition) is 1. The zero-order valence-corrected chi connectivity index (χ0v) is 21.7. The molecule has 2 heterocycles. The zero-order valence-electron chi connectivity index (χ0n) is 20.0. The van der Waals surface area contributed by atoms with Crippen molar-refractivity contribution in [1.82, 2.24) is 10.1 Å². The lowest BCUT2D eigenvalue weighted by Gasteiger charge is -2.13. The van der Waals surface area contributed by atoms with E-state index in [1.807, 2.05) is 0 Å². The Morgan fingerprint density at radius 3 is 1.51 bits per heavy atom. The van der Waals surface area contributed by atoms with Gasteiger partial charge in [0.15, 0.2) is 5.25 Å². The van der Waals surface area contributed by atoms with Gasteiger partial charge in [0.1, 0.15) is 0 Å².